The molecule has 1 N–H and O–H groups in total. The molecule has 0 saturated heterocycles. The summed E-state index contributed by atoms with van der Waals surface area (Å²) in [6.45, 7) is 6.04. The topological polar surface area (TPSA) is 67.9 Å². The average molecular weight is 477 g/mol. The predicted molar refractivity (Wildman–Crippen MR) is 125 cm³/mol. The average Bonchev–Trinajstić information content (AvgIpc) is 2.76. The number of likely N-dealkylation sites (N-methyl/N-ethyl adjacent to an activating group) is 1. The number of esters is 1. The number of nitrogens with zero attached hydrogens (tertiary/aromatic N) is 1. The van der Waals surface area contributed by atoms with Crippen LogP contribution in [-0.4, -0.2) is 37.2 Å². The zero-order valence-corrected chi connectivity index (χ0v) is 20.0. The van der Waals surface area contributed by atoms with Crippen LogP contribution in [0.2, 0.25) is 10.0 Å². The van der Waals surface area contributed by atoms with Crippen molar-refractivity contribution in [1.29, 1.82) is 0 Å². The lowest BCUT2D eigenvalue weighted by Crippen LogP contribution is -2.48. The molecular formula is C24H26Cl2N2O4. The second-order valence-corrected chi connectivity index (χ2v) is 8.43. The predicted octanol–water partition coefficient (Wildman–Crippen LogP) is 5.71. The van der Waals surface area contributed by atoms with Gasteiger partial charge in [0, 0.05) is 7.05 Å². The van der Waals surface area contributed by atoms with Crippen molar-refractivity contribution in [3.05, 3.63) is 74.9 Å². The summed E-state index contributed by atoms with van der Waals surface area (Å²) in [6, 6.07) is 11.5. The lowest BCUT2D eigenvalue weighted by Gasteiger charge is -2.35. The highest BCUT2D eigenvalue weighted by molar-refractivity contribution is 6.42. The normalized spacial score (nSPS) is 16.3. The molecule has 0 fully saturated rings. The van der Waals surface area contributed by atoms with Gasteiger partial charge in [0.25, 0.3) is 0 Å². The molecule has 0 bridgehead atoms. The Morgan fingerprint density at radius 1 is 1.16 bits per heavy atom. The quantitative estimate of drug-likeness (QED) is 0.519. The van der Waals surface area contributed by atoms with Gasteiger partial charge in [-0.2, -0.15) is 0 Å². The maximum Gasteiger partial charge on any atom is 0.338 e. The third-order valence-corrected chi connectivity index (χ3v) is 6.10. The summed E-state index contributed by atoms with van der Waals surface area (Å²) < 4.78 is 11.4. The van der Waals surface area contributed by atoms with Gasteiger partial charge in [0.2, 0.25) is 0 Å². The third-order valence-electron chi connectivity index (χ3n) is 5.27. The fourth-order valence-corrected chi connectivity index (χ4v) is 4.01. The van der Waals surface area contributed by atoms with Gasteiger partial charge >= 0.3 is 12.0 Å². The molecule has 3 rings (SSSR count). The van der Waals surface area contributed by atoms with Gasteiger partial charge in [0.15, 0.2) is 0 Å². The van der Waals surface area contributed by atoms with Gasteiger partial charge in [0.05, 0.1) is 34.0 Å². The van der Waals surface area contributed by atoms with Crippen LogP contribution in [0.4, 0.5) is 4.79 Å². The lowest BCUT2D eigenvalue weighted by atomic mass is 9.94. The van der Waals surface area contributed by atoms with Gasteiger partial charge in [-0.3, -0.25) is 4.90 Å². The number of carbonyl (C=O) groups excluding carboxylic acids is 2. The number of amides is 2. The van der Waals surface area contributed by atoms with E-state index in [9.17, 15) is 9.59 Å². The Labute approximate surface area is 198 Å². The van der Waals surface area contributed by atoms with E-state index in [0.29, 0.717) is 22.0 Å². The molecule has 2 aromatic carbocycles. The van der Waals surface area contributed by atoms with Crippen molar-refractivity contribution in [2.45, 2.75) is 32.7 Å². The largest absolute Gasteiger partial charge is 0.487 e. The molecule has 1 atom stereocenters. The van der Waals surface area contributed by atoms with Gasteiger partial charge in [0.1, 0.15) is 12.4 Å². The summed E-state index contributed by atoms with van der Waals surface area (Å²) >= 11 is 12.6. The number of para-hydroxylation sites is 1. The Morgan fingerprint density at radius 2 is 1.88 bits per heavy atom. The van der Waals surface area contributed by atoms with Crippen molar-refractivity contribution in [2.75, 3.05) is 20.3 Å². The summed E-state index contributed by atoms with van der Waals surface area (Å²) in [7, 11) is 1.58. The first kappa shape index (κ1) is 24.0. The van der Waals surface area contributed by atoms with Crippen LogP contribution >= 0.6 is 23.2 Å². The highest BCUT2D eigenvalue weighted by atomic mass is 35.5. The number of halogens is 2. The van der Waals surface area contributed by atoms with Crippen molar-refractivity contribution >= 4 is 35.2 Å². The summed E-state index contributed by atoms with van der Waals surface area (Å²) in [5, 5.41) is 3.41. The molecule has 2 amide bonds. The molecule has 32 heavy (non-hydrogen) atoms. The Bertz CT molecular complexity index is 1050. The van der Waals surface area contributed by atoms with Crippen molar-refractivity contribution in [2.24, 2.45) is 0 Å². The second-order valence-electron chi connectivity index (χ2n) is 7.65. The van der Waals surface area contributed by atoms with E-state index >= 15 is 0 Å². The maximum absolute atomic E-state index is 13.0. The lowest BCUT2D eigenvalue weighted by molar-refractivity contribution is -0.139. The Balaban J connectivity index is 2.09. The third kappa shape index (κ3) is 4.87. The zero-order chi connectivity index (χ0) is 23.4. The Hall–Kier alpha value is -2.70. The molecule has 1 unspecified atom stereocenters. The highest BCUT2D eigenvalue weighted by Gasteiger charge is 2.38. The molecule has 0 aromatic heterocycles. The van der Waals surface area contributed by atoms with Crippen LogP contribution in [0.15, 0.2) is 53.7 Å². The van der Waals surface area contributed by atoms with Gasteiger partial charge in [-0.05, 0) is 36.1 Å². The van der Waals surface area contributed by atoms with Gasteiger partial charge < -0.3 is 14.8 Å². The molecule has 0 aliphatic carbocycles. The first-order valence-electron chi connectivity index (χ1n) is 10.4. The smallest absolute Gasteiger partial charge is 0.338 e. The van der Waals surface area contributed by atoms with E-state index in [0.717, 1.165) is 5.56 Å². The number of nitrogens with one attached hydrogen (secondary N) is 1. The van der Waals surface area contributed by atoms with E-state index in [1.165, 1.54) is 4.90 Å². The van der Waals surface area contributed by atoms with E-state index in [4.69, 9.17) is 32.7 Å². The van der Waals surface area contributed by atoms with Gasteiger partial charge in [-0.25, -0.2) is 9.59 Å². The van der Waals surface area contributed by atoms with E-state index in [2.05, 4.69) is 19.2 Å². The molecule has 1 heterocycles. The number of benzene rings is 2. The minimum Gasteiger partial charge on any atom is -0.487 e. The molecule has 0 radical (unpaired) electrons. The number of carbonyl (C=O) groups is 2. The van der Waals surface area contributed by atoms with E-state index in [-0.39, 0.29) is 29.7 Å². The van der Waals surface area contributed by atoms with E-state index in [1.807, 2.05) is 24.3 Å². The minimum atomic E-state index is -0.831. The molecule has 0 saturated carbocycles. The molecule has 6 nitrogen and oxygen atoms in total. The highest BCUT2D eigenvalue weighted by Crippen LogP contribution is 2.37. The fraction of sp³-hybridized carbons (Fsp3) is 0.333. The Kier molecular flexibility index (Phi) is 7.69. The van der Waals surface area contributed by atoms with E-state index in [1.54, 1.807) is 32.2 Å². The van der Waals surface area contributed by atoms with Crippen molar-refractivity contribution in [3.8, 4) is 5.75 Å². The summed E-state index contributed by atoms with van der Waals surface area (Å²) in [4.78, 5) is 27.2. The van der Waals surface area contributed by atoms with Crippen molar-refractivity contribution < 1.29 is 19.1 Å². The van der Waals surface area contributed by atoms with Crippen LogP contribution < -0.4 is 10.1 Å². The first-order valence-corrected chi connectivity index (χ1v) is 11.1. The minimum absolute atomic E-state index is 0.00349. The van der Waals surface area contributed by atoms with Crippen LogP contribution in [0.25, 0.3) is 0 Å². The number of hydrogen-bond acceptors (Lipinski definition) is 4. The van der Waals surface area contributed by atoms with Crippen LogP contribution in [-0.2, 0) is 9.53 Å². The van der Waals surface area contributed by atoms with Gasteiger partial charge in [-0.15, -0.1) is 0 Å². The molecule has 170 valence electrons. The zero-order valence-electron chi connectivity index (χ0n) is 18.4. The second kappa shape index (κ2) is 10.3. The Morgan fingerprint density at radius 3 is 2.56 bits per heavy atom. The molecule has 1 aliphatic rings. The molecule has 0 spiro atoms. The van der Waals surface area contributed by atoms with Crippen LogP contribution in [0.1, 0.15) is 43.9 Å². The van der Waals surface area contributed by atoms with Crippen molar-refractivity contribution in [3.63, 3.8) is 0 Å². The molecular weight excluding hydrogens is 451 g/mol. The van der Waals surface area contributed by atoms with Gasteiger partial charge in [-0.1, -0.05) is 67.4 Å². The molecule has 2 aromatic rings. The number of ether oxygens (including phenoxy) is 2. The number of urea groups is 1. The van der Waals surface area contributed by atoms with Crippen molar-refractivity contribution in [1.82, 2.24) is 10.2 Å². The fourth-order valence-electron chi connectivity index (χ4n) is 3.59. The summed E-state index contributed by atoms with van der Waals surface area (Å²) in [5.41, 5.74) is 2.18. The summed E-state index contributed by atoms with van der Waals surface area (Å²) in [6.07, 6.45) is 0. The SMILES string of the molecule is CCOC(=O)C1=C(COc2ccccc2C(C)C)N(C)C(=O)NC1c1cccc(Cl)c1Cl. The van der Waals surface area contributed by atoms with Crippen LogP contribution in [0.5, 0.6) is 5.75 Å². The standard InChI is InChI=1S/C24H26Cl2N2O4/c1-5-31-23(29)20-18(13-32-19-12-7-6-9-15(19)14(2)3)28(4)24(30)27-22(20)16-10-8-11-17(25)21(16)26/h6-12,14,22H,5,13H2,1-4H3,(H,27,30). The monoisotopic (exact) mass is 476 g/mol. The van der Waals surface area contributed by atoms with E-state index < -0.39 is 18.0 Å². The van der Waals surface area contributed by atoms with Crippen LogP contribution in [0.3, 0.4) is 0 Å². The van der Waals surface area contributed by atoms with Crippen LogP contribution in [0, 0.1) is 0 Å². The first-order chi connectivity index (χ1) is 15.3. The number of hydrogen-bond donors (Lipinski definition) is 1. The molecule has 8 heteroatoms. The number of rotatable bonds is 7. The molecule has 1 aliphatic heterocycles. The maximum atomic E-state index is 13.0. The summed E-state index contributed by atoms with van der Waals surface area (Å²) in [5.74, 6) is 0.376.